The standard InChI is InChI=1S/C12H13NO2/c1-8(2)5-9-3-4-10(7-13)11(6-9)12(14)15/h3-4,6,8H,5H2,1-2H3,(H,14,15). The molecule has 0 aliphatic heterocycles. The number of aromatic carboxylic acids is 1. The van der Waals surface area contributed by atoms with Crippen molar-refractivity contribution in [3.63, 3.8) is 0 Å². The molecule has 3 nitrogen and oxygen atoms in total. The molecule has 1 N–H and O–H groups in total. The van der Waals surface area contributed by atoms with Crippen molar-refractivity contribution in [1.82, 2.24) is 0 Å². The number of hydrogen-bond donors (Lipinski definition) is 1. The first-order chi connectivity index (χ1) is 7.04. The van der Waals surface area contributed by atoms with E-state index in [1.807, 2.05) is 12.1 Å². The van der Waals surface area contributed by atoms with Crippen LogP contribution in [0.25, 0.3) is 0 Å². The van der Waals surface area contributed by atoms with Gasteiger partial charge >= 0.3 is 5.97 Å². The summed E-state index contributed by atoms with van der Waals surface area (Å²) < 4.78 is 0. The highest BCUT2D eigenvalue weighted by Gasteiger charge is 2.10. The van der Waals surface area contributed by atoms with Crippen molar-refractivity contribution >= 4 is 5.97 Å². The highest BCUT2D eigenvalue weighted by molar-refractivity contribution is 5.90. The lowest BCUT2D eigenvalue weighted by Crippen LogP contribution is -2.03. The number of carboxylic acid groups (broad SMARTS) is 1. The molecule has 0 atom stereocenters. The summed E-state index contributed by atoms with van der Waals surface area (Å²) in [6.45, 7) is 4.14. The van der Waals surface area contributed by atoms with E-state index in [0.29, 0.717) is 5.92 Å². The van der Waals surface area contributed by atoms with Gasteiger partial charge in [-0.15, -0.1) is 0 Å². The normalized spacial score (nSPS) is 10.0. The summed E-state index contributed by atoms with van der Waals surface area (Å²) in [6.07, 6.45) is 0.825. The lowest BCUT2D eigenvalue weighted by molar-refractivity contribution is 0.0696. The molecule has 78 valence electrons. The zero-order valence-electron chi connectivity index (χ0n) is 8.82. The van der Waals surface area contributed by atoms with Gasteiger partial charge in [-0.25, -0.2) is 4.79 Å². The molecule has 0 amide bonds. The van der Waals surface area contributed by atoms with Crippen LogP contribution in [-0.4, -0.2) is 11.1 Å². The number of carbonyl (C=O) groups is 1. The summed E-state index contributed by atoms with van der Waals surface area (Å²) in [7, 11) is 0. The molecule has 1 aromatic carbocycles. The van der Waals surface area contributed by atoms with E-state index in [1.165, 1.54) is 0 Å². The molecule has 0 fully saturated rings. The fraction of sp³-hybridized carbons (Fsp3) is 0.333. The fourth-order valence-corrected chi connectivity index (χ4v) is 1.46. The zero-order valence-corrected chi connectivity index (χ0v) is 8.82. The van der Waals surface area contributed by atoms with E-state index >= 15 is 0 Å². The van der Waals surface area contributed by atoms with Crippen molar-refractivity contribution in [2.45, 2.75) is 20.3 Å². The van der Waals surface area contributed by atoms with Gasteiger partial charge in [0.1, 0.15) is 6.07 Å². The Labute approximate surface area is 89.0 Å². The summed E-state index contributed by atoms with van der Waals surface area (Å²) >= 11 is 0. The maximum absolute atomic E-state index is 10.9. The second-order valence-corrected chi connectivity index (χ2v) is 3.89. The van der Waals surface area contributed by atoms with Crippen LogP contribution >= 0.6 is 0 Å². The SMILES string of the molecule is CC(C)Cc1ccc(C#N)c(C(=O)O)c1. The highest BCUT2D eigenvalue weighted by Crippen LogP contribution is 2.14. The van der Waals surface area contributed by atoms with Crippen LogP contribution < -0.4 is 0 Å². The predicted molar refractivity (Wildman–Crippen MR) is 56.7 cm³/mol. The van der Waals surface area contributed by atoms with Gasteiger partial charge in [0.05, 0.1) is 11.1 Å². The smallest absolute Gasteiger partial charge is 0.337 e. The quantitative estimate of drug-likeness (QED) is 0.820. The molecule has 0 aromatic heterocycles. The summed E-state index contributed by atoms with van der Waals surface area (Å²) in [5.41, 5.74) is 1.27. The molecule has 0 aliphatic rings. The topological polar surface area (TPSA) is 61.1 Å². The van der Waals surface area contributed by atoms with Crippen LogP contribution in [0.3, 0.4) is 0 Å². The molecular weight excluding hydrogens is 190 g/mol. The van der Waals surface area contributed by atoms with E-state index < -0.39 is 5.97 Å². The molecule has 0 heterocycles. The van der Waals surface area contributed by atoms with Crippen LogP contribution in [0.1, 0.15) is 35.3 Å². The maximum atomic E-state index is 10.9. The van der Waals surface area contributed by atoms with Gasteiger partial charge in [0.25, 0.3) is 0 Å². The van der Waals surface area contributed by atoms with Crippen LogP contribution in [-0.2, 0) is 6.42 Å². The average Bonchev–Trinajstić information content (AvgIpc) is 2.16. The van der Waals surface area contributed by atoms with E-state index in [1.54, 1.807) is 12.1 Å². The van der Waals surface area contributed by atoms with E-state index in [-0.39, 0.29) is 11.1 Å². The number of nitriles is 1. The molecule has 0 unspecified atom stereocenters. The maximum Gasteiger partial charge on any atom is 0.337 e. The van der Waals surface area contributed by atoms with Crippen molar-refractivity contribution in [2.75, 3.05) is 0 Å². The molecule has 0 spiro atoms. The van der Waals surface area contributed by atoms with Gasteiger partial charge < -0.3 is 5.11 Å². The minimum Gasteiger partial charge on any atom is -0.478 e. The van der Waals surface area contributed by atoms with Crippen LogP contribution in [0.2, 0.25) is 0 Å². The molecule has 0 saturated heterocycles. The second kappa shape index (κ2) is 4.61. The van der Waals surface area contributed by atoms with Crippen molar-refractivity contribution in [2.24, 2.45) is 5.92 Å². The zero-order chi connectivity index (χ0) is 11.4. The number of carboxylic acids is 1. The van der Waals surface area contributed by atoms with Gasteiger partial charge in [0.15, 0.2) is 0 Å². The van der Waals surface area contributed by atoms with Gasteiger partial charge in [0.2, 0.25) is 0 Å². The Morgan fingerprint density at radius 3 is 2.67 bits per heavy atom. The fourth-order valence-electron chi connectivity index (χ4n) is 1.46. The Balaban J connectivity index is 3.12. The van der Waals surface area contributed by atoms with E-state index in [0.717, 1.165) is 12.0 Å². The first-order valence-electron chi connectivity index (χ1n) is 4.81. The van der Waals surface area contributed by atoms with Gasteiger partial charge in [0, 0.05) is 0 Å². The van der Waals surface area contributed by atoms with E-state index in [4.69, 9.17) is 10.4 Å². The summed E-state index contributed by atoms with van der Waals surface area (Å²) in [5, 5.41) is 17.6. The summed E-state index contributed by atoms with van der Waals surface area (Å²) in [4.78, 5) is 10.9. The Morgan fingerprint density at radius 2 is 2.20 bits per heavy atom. The Hall–Kier alpha value is -1.82. The first kappa shape index (κ1) is 11.3. The Bertz CT molecular complexity index is 416. The highest BCUT2D eigenvalue weighted by atomic mass is 16.4. The molecule has 0 bridgehead atoms. The number of rotatable bonds is 3. The number of hydrogen-bond acceptors (Lipinski definition) is 2. The molecule has 0 saturated carbocycles. The summed E-state index contributed by atoms with van der Waals surface area (Å²) in [6, 6.07) is 6.84. The van der Waals surface area contributed by atoms with Gasteiger partial charge in [-0.2, -0.15) is 5.26 Å². The van der Waals surface area contributed by atoms with Crippen LogP contribution in [0.15, 0.2) is 18.2 Å². The lowest BCUT2D eigenvalue weighted by Gasteiger charge is -2.06. The molecule has 0 aliphatic carbocycles. The molecule has 1 rings (SSSR count). The Morgan fingerprint density at radius 1 is 1.53 bits per heavy atom. The third-order valence-corrected chi connectivity index (χ3v) is 2.08. The van der Waals surface area contributed by atoms with Gasteiger partial charge in [-0.1, -0.05) is 19.9 Å². The molecule has 1 aromatic rings. The van der Waals surface area contributed by atoms with Crippen molar-refractivity contribution in [3.8, 4) is 6.07 Å². The Kier molecular flexibility index (Phi) is 3.46. The summed E-state index contributed by atoms with van der Waals surface area (Å²) in [5.74, 6) is -0.572. The van der Waals surface area contributed by atoms with Crippen LogP contribution in [0, 0.1) is 17.2 Å². The molecule has 0 radical (unpaired) electrons. The first-order valence-corrected chi connectivity index (χ1v) is 4.81. The lowest BCUT2D eigenvalue weighted by atomic mass is 9.98. The number of nitrogens with zero attached hydrogens (tertiary/aromatic N) is 1. The third-order valence-electron chi connectivity index (χ3n) is 2.08. The largest absolute Gasteiger partial charge is 0.478 e. The number of benzene rings is 1. The molecule has 15 heavy (non-hydrogen) atoms. The minimum atomic E-state index is -1.04. The van der Waals surface area contributed by atoms with Crippen molar-refractivity contribution < 1.29 is 9.90 Å². The minimum absolute atomic E-state index is 0.0932. The monoisotopic (exact) mass is 203 g/mol. The third kappa shape index (κ3) is 2.81. The van der Waals surface area contributed by atoms with Gasteiger partial charge in [-0.05, 0) is 30.0 Å². The molecular formula is C12H13NO2. The van der Waals surface area contributed by atoms with Crippen molar-refractivity contribution in [1.29, 1.82) is 5.26 Å². The van der Waals surface area contributed by atoms with Crippen LogP contribution in [0.4, 0.5) is 0 Å². The van der Waals surface area contributed by atoms with E-state index in [2.05, 4.69) is 13.8 Å². The predicted octanol–water partition coefficient (Wildman–Crippen LogP) is 2.45. The van der Waals surface area contributed by atoms with Crippen molar-refractivity contribution in [3.05, 3.63) is 34.9 Å². The van der Waals surface area contributed by atoms with Gasteiger partial charge in [-0.3, -0.25) is 0 Å². The average molecular weight is 203 g/mol. The van der Waals surface area contributed by atoms with E-state index in [9.17, 15) is 4.79 Å². The second-order valence-electron chi connectivity index (χ2n) is 3.89. The van der Waals surface area contributed by atoms with Crippen LogP contribution in [0.5, 0.6) is 0 Å². The molecule has 3 heteroatoms.